The van der Waals surface area contributed by atoms with Crippen LogP contribution in [0, 0.1) is 17.6 Å². The van der Waals surface area contributed by atoms with Gasteiger partial charge in [-0.05, 0) is 24.1 Å². The molecule has 2 unspecified atom stereocenters. The Morgan fingerprint density at radius 1 is 1.37 bits per heavy atom. The number of aliphatic carboxylic acids is 1. The number of hydrogen-bond donors (Lipinski definition) is 1. The Balaban J connectivity index is 2.43. The van der Waals surface area contributed by atoms with E-state index in [1.165, 1.54) is 18.0 Å². The fraction of sp³-hybridized carbons (Fsp3) is 0.385. The van der Waals surface area contributed by atoms with E-state index in [-0.39, 0.29) is 18.7 Å². The Labute approximate surface area is 108 Å². The lowest BCUT2D eigenvalue weighted by Crippen LogP contribution is -2.43. The third-order valence-corrected chi connectivity index (χ3v) is 3.46. The lowest BCUT2D eigenvalue weighted by molar-refractivity contribution is -0.150. The molecule has 0 spiro atoms. The number of halogens is 2. The first-order chi connectivity index (χ1) is 8.91. The third kappa shape index (κ3) is 2.43. The second kappa shape index (κ2) is 4.95. The standard InChI is InChI=1S/C13H13F2NO3/c1-16-11(17)5-3-8(13(18)19)12(16)7-2-4-9(14)10(15)6-7/h2,4,6,8,12H,3,5H2,1H3,(H,18,19). The van der Waals surface area contributed by atoms with E-state index in [9.17, 15) is 23.5 Å². The van der Waals surface area contributed by atoms with Crippen molar-refractivity contribution in [1.82, 2.24) is 4.90 Å². The highest BCUT2D eigenvalue weighted by Gasteiger charge is 2.39. The summed E-state index contributed by atoms with van der Waals surface area (Å²) >= 11 is 0. The molecule has 0 bridgehead atoms. The van der Waals surface area contributed by atoms with E-state index in [2.05, 4.69) is 0 Å². The molecule has 19 heavy (non-hydrogen) atoms. The molecule has 0 radical (unpaired) electrons. The minimum atomic E-state index is -1.05. The van der Waals surface area contributed by atoms with Gasteiger partial charge in [-0.15, -0.1) is 0 Å². The number of rotatable bonds is 2. The number of carbonyl (C=O) groups excluding carboxylic acids is 1. The minimum absolute atomic E-state index is 0.146. The predicted octanol–water partition coefficient (Wildman–Crippen LogP) is 1.96. The van der Waals surface area contributed by atoms with Crippen LogP contribution in [0.25, 0.3) is 0 Å². The second-order valence-electron chi connectivity index (χ2n) is 4.61. The zero-order valence-electron chi connectivity index (χ0n) is 10.3. The van der Waals surface area contributed by atoms with Crippen molar-refractivity contribution >= 4 is 11.9 Å². The van der Waals surface area contributed by atoms with Gasteiger partial charge in [0.05, 0.1) is 12.0 Å². The largest absolute Gasteiger partial charge is 0.481 e. The number of carboxylic acids is 1. The molecule has 6 heteroatoms. The summed E-state index contributed by atoms with van der Waals surface area (Å²) in [6.07, 6.45) is 0.343. The number of piperidine rings is 1. The van der Waals surface area contributed by atoms with Gasteiger partial charge in [0.1, 0.15) is 0 Å². The van der Waals surface area contributed by atoms with Gasteiger partial charge >= 0.3 is 5.97 Å². The van der Waals surface area contributed by atoms with Crippen molar-refractivity contribution in [3.05, 3.63) is 35.4 Å². The van der Waals surface area contributed by atoms with Crippen LogP contribution in [0.3, 0.4) is 0 Å². The molecular weight excluding hydrogens is 256 g/mol. The molecule has 0 aliphatic carbocycles. The van der Waals surface area contributed by atoms with Gasteiger partial charge in [0.25, 0.3) is 0 Å². The van der Waals surface area contributed by atoms with Gasteiger partial charge in [-0.25, -0.2) is 8.78 Å². The van der Waals surface area contributed by atoms with Gasteiger partial charge in [0.2, 0.25) is 5.91 Å². The van der Waals surface area contributed by atoms with Crippen molar-refractivity contribution in [3.8, 4) is 0 Å². The lowest BCUT2D eigenvalue weighted by atomic mass is 9.84. The number of benzene rings is 1. The topological polar surface area (TPSA) is 57.6 Å². The molecule has 1 saturated heterocycles. The van der Waals surface area contributed by atoms with Crippen LogP contribution in [0.4, 0.5) is 8.78 Å². The van der Waals surface area contributed by atoms with Crippen molar-refractivity contribution < 1.29 is 23.5 Å². The summed E-state index contributed by atoms with van der Waals surface area (Å²) in [5.41, 5.74) is 0.293. The van der Waals surface area contributed by atoms with E-state index in [4.69, 9.17) is 0 Å². The molecular formula is C13H13F2NO3. The molecule has 1 aliphatic rings. The summed E-state index contributed by atoms with van der Waals surface area (Å²) in [5, 5.41) is 9.19. The molecule has 2 atom stereocenters. The van der Waals surface area contributed by atoms with Gasteiger partial charge in [-0.1, -0.05) is 6.07 Å². The van der Waals surface area contributed by atoms with Crippen LogP contribution in [0.15, 0.2) is 18.2 Å². The fourth-order valence-corrected chi connectivity index (χ4v) is 2.45. The maximum absolute atomic E-state index is 13.3. The average molecular weight is 269 g/mol. The molecule has 1 heterocycles. The molecule has 1 aliphatic heterocycles. The Kier molecular flexibility index (Phi) is 3.50. The molecule has 1 aromatic rings. The van der Waals surface area contributed by atoms with Gasteiger partial charge < -0.3 is 10.0 Å². The number of carbonyl (C=O) groups is 2. The predicted molar refractivity (Wildman–Crippen MR) is 62.2 cm³/mol. The first-order valence-electron chi connectivity index (χ1n) is 5.85. The molecule has 1 N–H and O–H groups in total. The van der Waals surface area contributed by atoms with Crippen LogP contribution in [-0.2, 0) is 9.59 Å². The second-order valence-corrected chi connectivity index (χ2v) is 4.61. The van der Waals surface area contributed by atoms with Crippen molar-refractivity contribution in [2.45, 2.75) is 18.9 Å². The van der Waals surface area contributed by atoms with E-state index < -0.39 is 29.6 Å². The summed E-state index contributed by atoms with van der Waals surface area (Å²) in [7, 11) is 1.48. The highest BCUT2D eigenvalue weighted by atomic mass is 19.2. The van der Waals surface area contributed by atoms with Crippen molar-refractivity contribution in [2.75, 3.05) is 7.05 Å². The maximum Gasteiger partial charge on any atom is 0.308 e. The minimum Gasteiger partial charge on any atom is -0.481 e. The molecule has 102 valence electrons. The highest BCUT2D eigenvalue weighted by Crippen LogP contribution is 2.36. The van der Waals surface area contributed by atoms with Crippen molar-refractivity contribution in [2.24, 2.45) is 5.92 Å². The molecule has 1 fully saturated rings. The van der Waals surface area contributed by atoms with E-state index in [0.29, 0.717) is 5.56 Å². The van der Waals surface area contributed by atoms with Crippen LogP contribution < -0.4 is 0 Å². The fourth-order valence-electron chi connectivity index (χ4n) is 2.45. The number of likely N-dealkylation sites (tertiary alicyclic amines) is 1. The van der Waals surface area contributed by atoms with E-state index >= 15 is 0 Å². The first-order valence-corrected chi connectivity index (χ1v) is 5.85. The summed E-state index contributed by atoms with van der Waals surface area (Å²) in [4.78, 5) is 24.2. The van der Waals surface area contributed by atoms with Gasteiger partial charge in [0, 0.05) is 13.5 Å². The van der Waals surface area contributed by atoms with Gasteiger partial charge in [0.15, 0.2) is 11.6 Å². The summed E-state index contributed by atoms with van der Waals surface area (Å²) in [6, 6.07) is 2.43. The van der Waals surface area contributed by atoms with Crippen molar-refractivity contribution in [3.63, 3.8) is 0 Å². The summed E-state index contributed by atoms with van der Waals surface area (Å²) in [6.45, 7) is 0. The quantitative estimate of drug-likeness (QED) is 0.892. The number of amides is 1. The van der Waals surface area contributed by atoms with Crippen LogP contribution in [-0.4, -0.2) is 28.9 Å². The highest BCUT2D eigenvalue weighted by molar-refractivity contribution is 5.81. The van der Waals surface area contributed by atoms with Crippen LogP contribution in [0.1, 0.15) is 24.4 Å². The van der Waals surface area contributed by atoms with E-state index in [1.807, 2.05) is 0 Å². The molecule has 1 aromatic carbocycles. The summed E-state index contributed by atoms with van der Waals surface area (Å²) in [5.74, 6) is -4.11. The number of nitrogens with zero attached hydrogens (tertiary/aromatic N) is 1. The van der Waals surface area contributed by atoms with Crippen molar-refractivity contribution in [1.29, 1.82) is 0 Å². The Bertz CT molecular complexity index is 533. The zero-order chi connectivity index (χ0) is 14.2. The Morgan fingerprint density at radius 3 is 2.63 bits per heavy atom. The Morgan fingerprint density at radius 2 is 2.05 bits per heavy atom. The van der Waals surface area contributed by atoms with E-state index in [0.717, 1.165) is 12.1 Å². The normalized spacial score (nSPS) is 23.5. The van der Waals surface area contributed by atoms with Crippen LogP contribution >= 0.6 is 0 Å². The maximum atomic E-state index is 13.3. The van der Waals surface area contributed by atoms with Gasteiger partial charge in [-0.3, -0.25) is 9.59 Å². The molecule has 2 rings (SSSR count). The lowest BCUT2D eigenvalue weighted by Gasteiger charge is -2.37. The number of carboxylic acid groups (broad SMARTS) is 1. The molecule has 1 amide bonds. The summed E-state index contributed by atoms with van der Waals surface area (Å²) < 4.78 is 26.2. The number of hydrogen-bond acceptors (Lipinski definition) is 2. The first kappa shape index (κ1) is 13.5. The Hall–Kier alpha value is -1.98. The molecule has 0 saturated carbocycles. The van der Waals surface area contributed by atoms with Crippen LogP contribution in [0.5, 0.6) is 0 Å². The zero-order valence-corrected chi connectivity index (χ0v) is 10.3. The van der Waals surface area contributed by atoms with E-state index in [1.54, 1.807) is 0 Å². The third-order valence-electron chi connectivity index (χ3n) is 3.46. The average Bonchev–Trinajstić information content (AvgIpc) is 2.35. The molecule has 0 aromatic heterocycles. The SMILES string of the molecule is CN1C(=O)CCC(C(=O)O)C1c1ccc(F)c(F)c1. The monoisotopic (exact) mass is 269 g/mol. The molecule has 4 nitrogen and oxygen atoms in total. The smallest absolute Gasteiger partial charge is 0.308 e. The van der Waals surface area contributed by atoms with Gasteiger partial charge in [-0.2, -0.15) is 0 Å². The van der Waals surface area contributed by atoms with Crippen LogP contribution in [0.2, 0.25) is 0 Å².